The molecule has 0 spiro atoms. The van der Waals surface area contributed by atoms with Crippen LogP contribution in [0.15, 0.2) is 29.6 Å². The van der Waals surface area contributed by atoms with E-state index in [1.165, 1.54) is 5.39 Å². The Morgan fingerprint density at radius 3 is 2.88 bits per heavy atom. The summed E-state index contributed by atoms with van der Waals surface area (Å²) in [7, 11) is 0. The van der Waals surface area contributed by atoms with Gasteiger partial charge in [0.05, 0.1) is 0 Å². The first-order chi connectivity index (χ1) is 8.36. The van der Waals surface area contributed by atoms with Crippen LogP contribution in [-0.2, 0) is 0 Å². The first-order valence-electron chi connectivity index (χ1n) is 6.17. The Hall–Kier alpha value is -0.930. The van der Waals surface area contributed by atoms with Crippen LogP contribution >= 0.6 is 11.3 Å². The van der Waals surface area contributed by atoms with Gasteiger partial charge in [0.1, 0.15) is 6.17 Å². The highest BCUT2D eigenvalue weighted by Crippen LogP contribution is 2.37. The Labute approximate surface area is 105 Å². The maximum atomic E-state index is 14.6. The van der Waals surface area contributed by atoms with Gasteiger partial charge in [-0.2, -0.15) is 0 Å². The Morgan fingerprint density at radius 2 is 2.06 bits per heavy atom. The molecule has 17 heavy (non-hydrogen) atoms. The monoisotopic (exact) mass is 249 g/mol. The summed E-state index contributed by atoms with van der Waals surface area (Å²) in [6.45, 7) is 1.90. The molecule has 0 saturated carbocycles. The molecule has 3 rings (SSSR count). The highest BCUT2D eigenvalue weighted by Gasteiger charge is 2.26. The topological polar surface area (TPSA) is 12.0 Å². The number of rotatable bonds is 2. The predicted molar refractivity (Wildman–Crippen MR) is 71.3 cm³/mol. The van der Waals surface area contributed by atoms with Crippen molar-refractivity contribution in [2.45, 2.75) is 19.0 Å². The maximum Gasteiger partial charge on any atom is 0.129 e. The number of fused-ring (bicyclic) bond motifs is 1. The summed E-state index contributed by atoms with van der Waals surface area (Å²) in [5.74, 6) is 0.184. The summed E-state index contributed by atoms with van der Waals surface area (Å²) in [5.41, 5.74) is 0.893. The highest BCUT2D eigenvalue weighted by atomic mass is 32.1. The number of nitrogens with one attached hydrogen (secondary N) is 1. The molecule has 1 unspecified atom stereocenters. The van der Waals surface area contributed by atoms with Crippen LogP contribution < -0.4 is 5.32 Å². The van der Waals surface area contributed by atoms with Crippen molar-refractivity contribution >= 4 is 21.4 Å². The number of halogens is 1. The zero-order valence-corrected chi connectivity index (χ0v) is 10.5. The Kier molecular flexibility index (Phi) is 3.12. The number of piperidine rings is 1. The van der Waals surface area contributed by atoms with Crippen LogP contribution in [0.1, 0.15) is 24.6 Å². The van der Waals surface area contributed by atoms with Crippen molar-refractivity contribution in [3.63, 3.8) is 0 Å². The lowest BCUT2D eigenvalue weighted by Crippen LogP contribution is -2.29. The van der Waals surface area contributed by atoms with Crippen molar-refractivity contribution in [2.75, 3.05) is 13.1 Å². The normalized spacial score (nSPS) is 19.6. The summed E-state index contributed by atoms with van der Waals surface area (Å²) < 4.78 is 15.7. The Morgan fingerprint density at radius 1 is 1.24 bits per heavy atom. The van der Waals surface area contributed by atoms with Crippen LogP contribution in [0.4, 0.5) is 4.39 Å². The van der Waals surface area contributed by atoms with Gasteiger partial charge in [0.25, 0.3) is 0 Å². The zero-order valence-electron chi connectivity index (χ0n) is 9.66. The maximum absolute atomic E-state index is 14.6. The van der Waals surface area contributed by atoms with E-state index >= 15 is 0 Å². The summed E-state index contributed by atoms with van der Waals surface area (Å²) in [4.78, 5) is 0. The minimum absolute atomic E-state index is 0.184. The van der Waals surface area contributed by atoms with Gasteiger partial charge in [-0.15, -0.1) is 11.3 Å². The van der Waals surface area contributed by atoms with Gasteiger partial charge in [0, 0.05) is 10.3 Å². The molecule has 0 bridgehead atoms. The third-order valence-electron chi connectivity index (χ3n) is 3.60. The van der Waals surface area contributed by atoms with Crippen LogP contribution in [0, 0.1) is 5.92 Å². The van der Waals surface area contributed by atoms with Crippen molar-refractivity contribution in [1.29, 1.82) is 0 Å². The van der Waals surface area contributed by atoms with Crippen molar-refractivity contribution in [1.82, 2.24) is 5.32 Å². The first-order valence-corrected chi connectivity index (χ1v) is 7.05. The van der Waals surface area contributed by atoms with Crippen molar-refractivity contribution in [3.05, 3.63) is 35.2 Å². The molecule has 2 aromatic rings. The van der Waals surface area contributed by atoms with Crippen LogP contribution in [0.5, 0.6) is 0 Å². The van der Waals surface area contributed by atoms with Gasteiger partial charge in [-0.05, 0) is 48.7 Å². The fourth-order valence-electron chi connectivity index (χ4n) is 2.62. The summed E-state index contributed by atoms with van der Waals surface area (Å²) >= 11 is 1.65. The summed E-state index contributed by atoms with van der Waals surface area (Å²) in [5, 5.41) is 6.50. The average Bonchev–Trinajstić information content (AvgIpc) is 2.87. The Bertz CT molecular complexity index is 502. The molecule has 2 heterocycles. The smallest absolute Gasteiger partial charge is 0.129 e. The molecule has 0 amide bonds. The second kappa shape index (κ2) is 4.75. The fraction of sp³-hybridized carbons (Fsp3) is 0.429. The lowest BCUT2D eigenvalue weighted by Gasteiger charge is -2.26. The summed E-state index contributed by atoms with van der Waals surface area (Å²) in [6.07, 6.45) is 1.09. The Balaban J connectivity index is 1.94. The number of hydrogen-bond donors (Lipinski definition) is 1. The van der Waals surface area contributed by atoms with Gasteiger partial charge in [-0.1, -0.05) is 18.2 Å². The molecule has 1 aromatic carbocycles. The molecule has 90 valence electrons. The van der Waals surface area contributed by atoms with Crippen LogP contribution in [0.25, 0.3) is 10.1 Å². The molecule has 0 aliphatic carbocycles. The first kappa shape index (κ1) is 11.2. The molecule has 1 nitrogen and oxygen atoms in total. The molecule has 1 aliphatic heterocycles. The highest BCUT2D eigenvalue weighted by molar-refractivity contribution is 7.17. The van der Waals surface area contributed by atoms with Crippen molar-refractivity contribution < 1.29 is 4.39 Å². The third-order valence-corrected chi connectivity index (χ3v) is 4.58. The molecule has 1 N–H and O–H groups in total. The molecule has 1 fully saturated rings. The van der Waals surface area contributed by atoms with E-state index in [-0.39, 0.29) is 5.92 Å². The number of benzene rings is 1. The predicted octanol–water partition coefficient (Wildman–Crippen LogP) is 3.91. The molecule has 1 saturated heterocycles. The fourth-order valence-corrected chi connectivity index (χ4v) is 3.56. The molecule has 0 radical (unpaired) electrons. The minimum atomic E-state index is -0.806. The average molecular weight is 249 g/mol. The van der Waals surface area contributed by atoms with Crippen LogP contribution in [0.2, 0.25) is 0 Å². The van der Waals surface area contributed by atoms with Gasteiger partial charge in [-0.25, -0.2) is 4.39 Å². The molecule has 1 atom stereocenters. The second-order valence-corrected chi connectivity index (χ2v) is 5.59. The van der Waals surface area contributed by atoms with E-state index in [1.807, 2.05) is 17.5 Å². The van der Waals surface area contributed by atoms with Crippen molar-refractivity contribution in [3.8, 4) is 0 Å². The quantitative estimate of drug-likeness (QED) is 0.851. The second-order valence-electron chi connectivity index (χ2n) is 4.68. The largest absolute Gasteiger partial charge is 0.317 e. The van der Waals surface area contributed by atoms with Gasteiger partial charge in [0.2, 0.25) is 0 Å². The molecule has 3 heteroatoms. The summed E-state index contributed by atoms with van der Waals surface area (Å²) in [6, 6.07) is 8.05. The lowest BCUT2D eigenvalue weighted by molar-refractivity contribution is 0.192. The standard InChI is InChI=1S/C14H16FNS/c15-13(10-4-7-16-8-5-10)12-3-1-2-11-6-9-17-14(11)12/h1-3,6,9-10,13,16H,4-5,7-8H2. The van der Waals surface area contributed by atoms with Crippen molar-refractivity contribution in [2.24, 2.45) is 5.92 Å². The van der Waals surface area contributed by atoms with E-state index < -0.39 is 6.17 Å². The van der Waals surface area contributed by atoms with E-state index in [9.17, 15) is 4.39 Å². The van der Waals surface area contributed by atoms with E-state index in [0.717, 1.165) is 36.2 Å². The lowest BCUT2D eigenvalue weighted by atomic mass is 9.89. The SMILES string of the molecule is FC(c1cccc2ccsc12)C1CCNCC1. The minimum Gasteiger partial charge on any atom is -0.317 e. The molecule has 1 aromatic heterocycles. The number of alkyl halides is 1. The number of hydrogen-bond acceptors (Lipinski definition) is 2. The van der Waals surface area contributed by atoms with Crippen LogP contribution in [0.3, 0.4) is 0 Å². The van der Waals surface area contributed by atoms with E-state index in [2.05, 4.69) is 17.4 Å². The van der Waals surface area contributed by atoms with Crippen LogP contribution in [-0.4, -0.2) is 13.1 Å². The molecular formula is C14H16FNS. The van der Waals surface area contributed by atoms with Gasteiger partial charge in [-0.3, -0.25) is 0 Å². The number of thiophene rings is 1. The van der Waals surface area contributed by atoms with Gasteiger partial charge < -0.3 is 5.32 Å². The molecule has 1 aliphatic rings. The van der Waals surface area contributed by atoms with E-state index in [4.69, 9.17) is 0 Å². The third kappa shape index (κ3) is 2.09. The zero-order chi connectivity index (χ0) is 11.7. The molecular weight excluding hydrogens is 233 g/mol. The van der Waals surface area contributed by atoms with E-state index in [1.54, 1.807) is 11.3 Å². The van der Waals surface area contributed by atoms with Gasteiger partial charge >= 0.3 is 0 Å². The van der Waals surface area contributed by atoms with Gasteiger partial charge in [0.15, 0.2) is 0 Å². The van der Waals surface area contributed by atoms with E-state index in [0.29, 0.717) is 0 Å².